The molecule has 1 atom stereocenters. The lowest BCUT2D eigenvalue weighted by Crippen LogP contribution is -2.43. The van der Waals surface area contributed by atoms with Gasteiger partial charge in [0.2, 0.25) is 0 Å². The summed E-state index contributed by atoms with van der Waals surface area (Å²) in [6.45, 7) is 5.56. The lowest BCUT2D eigenvalue weighted by Gasteiger charge is -2.39. The van der Waals surface area contributed by atoms with E-state index in [4.69, 9.17) is 0 Å². The molecule has 0 saturated heterocycles. The number of benzene rings is 3. The molecule has 7 nitrogen and oxygen atoms in total. The van der Waals surface area contributed by atoms with Gasteiger partial charge in [-0.15, -0.1) is 0 Å². The molecule has 4 rings (SSSR count). The number of amides is 2. The second-order valence-corrected chi connectivity index (χ2v) is 11.7. The van der Waals surface area contributed by atoms with E-state index < -0.39 is 16.8 Å². The van der Waals surface area contributed by atoms with Gasteiger partial charge < -0.3 is 9.87 Å². The largest absolute Gasteiger partial charge is 0.755 e. The minimum Gasteiger partial charge on any atom is -0.755 e. The molecule has 1 unspecified atom stereocenters. The molecular formula is C31H35N4O3S-. The Balaban J connectivity index is 1.61. The Morgan fingerprint density at radius 1 is 0.974 bits per heavy atom. The quantitative estimate of drug-likeness (QED) is 0.259. The third-order valence-corrected chi connectivity index (χ3v) is 8.03. The zero-order chi connectivity index (χ0) is 28.0. The van der Waals surface area contributed by atoms with Crippen LogP contribution < -0.4 is 14.5 Å². The molecule has 0 aliphatic heterocycles. The number of nitrogens with one attached hydrogen (secondary N) is 1. The molecule has 0 spiro atoms. The number of anilines is 3. The van der Waals surface area contributed by atoms with Gasteiger partial charge in [0.1, 0.15) is 0 Å². The van der Waals surface area contributed by atoms with Crippen molar-refractivity contribution in [1.82, 2.24) is 0 Å². The topological polar surface area (TPSA) is 99.5 Å². The van der Waals surface area contributed by atoms with E-state index >= 15 is 0 Å². The molecule has 3 aromatic carbocycles. The first kappa shape index (κ1) is 28.3. The molecule has 0 bridgehead atoms. The van der Waals surface area contributed by atoms with Crippen molar-refractivity contribution in [1.29, 1.82) is 5.26 Å². The molecule has 1 fully saturated rings. The van der Waals surface area contributed by atoms with Gasteiger partial charge in [0.25, 0.3) is 0 Å². The Morgan fingerprint density at radius 2 is 1.64 bits per heavy atom. The highest BCUT2D eigenvalue weighted by molar-refractivity contribution is 7.80. The first-order chi connectivity index (χ1) is 18.7. The SMILES string of the molecule is CC(C)(C)N(c1ccccc1-c1ccc(NC(=O)N(c2cccc(C#N)c2)C2CCCCCC2)cc1)S(=O)[O-]. The Kier molecular flexibility index (Phi) is 9.05. The second kappa shape index (κ2) is 12.5. The van der Waals surface area contributed by atoms with Gasteiger partial charge in [0.15, 0.2) is 0 Å². The van der Waals surface area contributed by atoms with Gasteiger partial charge in [-0.05, 0) is 75.6 Å². The molecule has 1 saturated carbocycles. The Bertz CT molecular complexity index is 1350. The number of hydrogen-bond acceptors (Lipinski definition) is 4. The fourth-order valence-electron chi connectivity index (χ4n) is 5.21. The molecule has 0 heterocycles. The predicted octanol–water partition coefficient (Wildman–Crippen LogP) is 7.39. The van der Waals surface area contributed by atoms with Crippen LogP contribution in [-0.2, 0) is 11.3 Å². The van der Waals surface area contributed by atoms with Crippen LogP contribution in [0.5, 0.6) is 0 Å². The summed E-state index contributed by atoms with van der Waals surface area (Å²) in [6.07, 6.45) is 6.32. The Hall–Kier alpha value is -3.67. The summed E-state index contributed by atoms with van der Waals surface area (Å²) in [5, 5.41) is 12.5. The van der Waals surface area contributed by atoms with Crippen LogP contribution in [-0.4, -0.2) is 26.4 Å². The zero-order valence-electron chi connectivity index (χ0n) is 22.7. The summed E-state index contributed by atoms with van der Waals surface area (Å²) >= 11 is -2.45. The lowest BCUT2D eigenvalue weighted by atomic mass is 10.0. The summed E-state index contributed by atoms with van der Waals surface area (Å²) in [4.78, 5) is 15.5. The van der Waals surface area contributed by atoms with Crippen LogP contribution in [0, 0.1) is 11.3 Å². The van der Waals surface area contributed by atoms with Crippen LogP contribution >= 0.6 is 0 Å². The van der Waals surface area contributed by atoms with Crippen molar-refractivity contribution >= 4 is 34.4 Å². The first-order valence-corrected chi connectivity index (χ1v) is 14.4. The minimum absolute atomic E-state index is 0.0592. The lowest BCUT2D eigenvalue weighted by molar-refractivity contribution is 0.254. The molecule has 1 N–H and O–H groups in total. The predicted molar refractivity (Wildman–Crippen MR) is 157 cm³/mol. The van der Waals surface area contributed by atoms with Crippen LogP contribution in [0.25, 0.3) is 11.1 Å². The van der Waals surface area contributed by atoms with E-state index in [2.05, 4.69) is 11.4 Å². The first-order valence-electron chi connectivity index (χ1n) is 13.4. The van der Waals surface area contributed by atoms with Crippen LogP contribution in [0.3, 0.4) is 0 Å². The maximum Gasteiger partial charge on any atom is 0.326 e. The maximum atomic E-state index is 13.7. The highest BCUT2D eigenvalue weighted by Gasteiger charge is 2.27. The monoisotopic (exact) mass is 543 g/mol. The van der Waals surface area contributed by atoms with E-state index in [1.807, 2.05) is 75.4 Å². The molecule has 2 amide bonds. The van der Waals surface area contributed by atoms with Gasteiger partial charge >= 0.3 is 6.03 Å². The Morgan fingerprint density at radius 3 is 2.26 bits per heavy atom. The van der Waals surface area contributed by atoms with Crippen LogP contribution in [0.15, 0.2) is 72.8 Å². The van der Waals surface area contributed by atoms with E-state index in [1.54, 1.807) is 23.1 Å². The van der Waals surface area contributed by atoms with Gasteiger partial charge in [-0.1, -0.05) is 62.1 Å². The molecule has 3 aromatic rings. The second-order valence-electron chi connectivity index (χ2n) is 10.9. The molecule has 1 aliphatic carbocycles. The number of hydrogen-bond donors (Lipinski definition) is 1. The average Bonchev–Trinajstić information content (AvgIpc) is 3.18. The normalized spacial score (nSPS) is 15.1. The smallest absolute Gasteiger partial charge is 0.326 e. The number of urea groups is 1. The van der Waals surface area contributed by atoms with Gasteiger partial charge in [-0.3, -0.25) is 13.4 Å². The van der Waals surface area contributed by atoms with Crippen LogP contribution in [0.4, 0.5) is 21.9 Å². The van der Waals surface area contributed by atoms with Crippen molar-refractivity contribution in [3.05, 3.63) is 78.4 Å². The van der Waals surface area contributed by atoms with Crippen LogP contribution in [0.1, 0.15) is 64.9 Å². The standard InChI is InChI=1S/C31H36N4O3S/c1-31(2,3)35(39(37)38)29-16-9-8-15-28(29)24-17-19-25(20-18-24)33-30(36)34(26-12-6-4-5-7-13-26)27-14-10-11-23(21-27)22-32/h8-11,14-21,26H,4-7,12-13H2,1-3H3,(H,33,36)(H,37,38)/p-1. The molecule has 204 valence electrons. The summed E-state index contributed by atoms with van der Waals surface area (Å²) in [6, 6.07) is 24.0. The molecule has 1 aliphatic rings. The van der Waals surface area contributed by atoms with E-state index in [0.29, 0.717) is 16.9 Å². The minimum atomic E-state index is -2.45. The summed E-state index contributed by atoms with van der Waals surface area (Å²) in [7, 11) is 0. The number of nitriles is 1. The average molecular weight is 544 g/mol. The molecule has 39 heavy (non-hydrogen) atoms. The third kappa shape index (κ3) is 6.86. The fourth-order valence-corrected chi connectivity index (χ4v) is 5.98. The molecule has 0 aromatic heterocycles. The fraction of sp³-hybridized carbons (Fsp3) is 0.355. The number of nitrogens with zero attached hydrogens (tertiary/aromatic N) is 3. The zero-order valence-corrected chi connectivity index (χ0v) is 23.5. The van der Waals surface area contributed by atoms with Crippen molar-refractivity contribution in [2.75, 3.05) is 14.5 Å². The van der Waals surface area contributed by atoms with E-state index in [1.165, 1.54) is 17.1 Å². The van der Waals surface area contributed by atoms with Crippen molar-refractivity contribution in [2.24, 2.45) is 0 Å². The summed E-state index contributed by atoms with van der Waals surface area (Å²) in [5.74, 6) is 0. The number of rotatable bonds is 6. The summed E-state index contributed by atoms with van der Waals surface area (Å²) < 4.78 is 25.6. The highest BCUT2D eigenvalue weighted by Crippen LogP contribution is 2.36. The van der Waals surface area contributed by atoms with Gasteiger partial charge in [-0.25, -0.2) is 4.79 Å². The van der Waals surface area contributed by atoms with E-state index in [9.17, 15) is 18.8 Å². The van der Waals surface area contributed by atoms with E-state index in [0.717, 1.165) is 42.5 Å². The number of para-hydroxylation sites is 1. The van der Waals surface area contributed by atoms with Gasteiger partial charge in [-0.2, -0.15) is 5.26 Å². The Labute approximate surface area is 233 Å². The third-order valence-electron chi connectivity index (χ3n) is 6.99. The number of carbonyl (C=O) groups excluding carboxylic acids is 1. The van der Waals surface area contributed by atoms with Crippen molar-refractivity contribution < 1.29 is 13.6 Å². The van der Waals surface area contributed by atoms with Gasteiger partial charge in [0.05, 0.1) is 17.3 Å². The molecule has 0 radical (unpaired) electrons. The number of carbonyl (C=O) groups is 1. The molecular weight excluding hydrogens is 508 g/mol. The van der Waals surface area contributed by atoms with E-state index in [-0.39, 0.29) is 12.1 Å². The van der Waals surface area contributed by atoms with Crippen LogP contribution in [0.2, 0.25) is 0 Å². The van der Waals surface area contributed by atoms with Crippen molar-refractivity contribution in [3.63, 3.8) is 0 Å². The van der Waals surface area contributed by atoms with Crippen molar-refractivity contribution in [3.8, 4) is 17.2 Å². The summed E-state index contributed by atoms with van der Waals surface area (Å²) in [5.41, 5.74) is 3.44. The van der Waals surface area contributed by atoms with Crippen molar-refractivity contribution in [2.45, 2.75) is 70.9 Å². The van der Waals surface area contributed by atoms with Gasteiger partial charge in [0, 0.05) is 39.8 Å². The maximum absolute atomic E-state index is 13.7. The molecule has 8 heteroatoms. The highest BCUT2D eigenvalue weighted by atomic mass is 32.2.